The van der Waals surface area contributed by atoms with Crippen LogP contribution in [0.25, 0.3) is 0 Å². The van der Waals surface area contributed by atoms with Gasteiger partial charge in [-0.05, 0) is 36.4 Å². The molecular formula is C16H10BrNO3S. The van der Waals surface area contributed by atoms with E-state index in [4.69, 9.17) is 0 Å². The molecule has 1 aliphatic carbocycles. The summed E-state index contributed by atoms with van der Waals surface area (Å²) in [6.07, 6.45) is 2.76. The molecule has 0 saturated heterocycles. The number of carbonyl (C=O) groups is 1. The monoisotopic (exact) mass is 375 g/mol. The van der Waals surface area contributed by atoms with Crippen molar-refractivity contribution in [2.45, 2.75) is 4.90 Å². The molecule has 0 aliphatic heterocycles. The number of carbonyl (C=O) groups excluding carboxylic acids is 1. The van der Waals surface area contributed by atoms with Crippen LogP contribution in [0.5, 0.6) is 0 Å². The van der Waals surface area contributed by atoms with E-state index in [1.807, 2.05) is 0 Å². The summed E-state index contributed by atoms with van der Waals surface area (Å²) in [7, 11) is -3.83. The van der Waals surface area contributed by atoms with Crippen LogP contribution in [0.3, 0.4) is 0 Å². The van der Waals surface area contributed by atoms with Crippen molar-refractivity contribution >= 4 is 37.4 Å². The number of ketones is 1. The van der Waals surface area contributed by atoms with Crippen LogP contribution >= 0.6 is 15.9 Å². The summed E-state index contributed by atoms with van der Waals surface area (Å²) in [6, 6.07) is 13.1. The van der Waals surface area contributed by atoms with E-state index in [2.05, 4.69) is 20.3 Å². The molecular weight excluding hydrogens is 366 g/mol. The summed E-state index contributed by atoms with van der Waals surface area (Å²) in [5.74, 6) is -0.157. The number of nitrogens with zero attached hydrogens (tertiary/aromatic N) is 1. The van der Waals surface area contributed by atoms with Gasteiger partial charge in [-0.3, -0.25) is 4.79 Å². The van der Waals surface area contributed by atoms with Crippen LogP contribution in [-0.2, 0) is 10.0 Å². The molecule has 0 amide bonds. The smallest absolute Gasteiger partial charge is 0.282 e. The van der Waals surface area contributed by atoms with Crippen LogP contribution in [0.1, 0.15) is 15.9 Å². The molecule has 0 bridgehead atoms. The number of hydrogen-bond acceptors (Lipinski definition) is 3. The molecule has 110 valence electrons. The standard InChI is InChI=1S/C16H10BrNO3S/c17-11-5-7-12(8-6-11)22(20,21)18-15-9-10-16(19)14-4-2-1-3-13(14)15/h1-10H. The molecule has 0 spiro atoms. The maximum atomic E-state index is 12.4. The van der Waals surface area contributed by atoms with Gasteiger partial charge in [-0.25, -0.2) is 0 Å². The highest BCUT2D eigenvalue weighted by Crippen LogP contribution is 2.21. The highest BCUT2D eigenvalue weighted by Gasteiger charge is 2.20. The highest BCUT2D eigenvalue weighted by atomic mass is 79.9. The van der Waals surface area contributed by atoms with Crippen molar-refractivity contribution in [3.8, 4) is 0 Å². The first-order valence-corrected chi connectivity index (χ1v) is 8.63. The van der Waals surface area contributed by atoms with E-state index in [1.54, 1.807) is 36.4 Å². The minimum atomic E-state index is -3.83. The maximum Gasteiger partial charge on any atom is 0.282 e. The molecule has 0 fully saturated rings. The molecule has 6 heteroatoms. The fourth-order valence-electron chi connectivity index (χ4n) is 2.12. The van der Waals surface area contributed by atoms with Crippen molar-refractivity contribution in [3.63, 3.8) is 0 Å². The normalized spacial score (nSPS) is 15.9. The van der Waals surface area contributed by atoms with Crippen LogP contribution in [0, 0.1) is 0 Å². The van der Waals surface area contributed by atoms with Gasteiger partial charge in [-0.15, -0.1) is 0 Å². The average Bonchev–Trinajstić information content (AvgIpc) is 2.51. The van der Waals surface area contributed by atoms with Crippen LogP contribution in [0.2, 0.25) is 0 Å². The zero-order valence-corrected chi connectivity index (χ0v) is 13.6. The fraction of sp³-hybridized carbons (Fsp3) is 0. The molecule has 1 aliphatic rings. The van der Waals surface area contributed by atoms with Crippen molar-refractivity contribution in [2.75, 3.05) is 0 Å². The minimum Gasteiger partial charge on any atom is -0.289 e. The van der Waals surface area contributed by atoms with Gasteiger partial charge in [0.25, 0.3) is 10.0 Å². The zero-order chi connectivity index (χ0) is 15.7. The summed E-state index contributed by atoms with van der Waals surface area (Å²) in [5, 5.41) is 0. The third-order valence-corrected chi connectivity index (χ3v) is 5.02. The van der Waals surface area contributed by atoms with Gasteiger partial charge in [0.15, 0.2) is 5.78 Å². The third-order valence-electron chi connectivity index (χ3n) is 3.19. The Morgan fingerprint density at radius 1 is 0.864 bits per heavy atom. The second-order valence-electron chi connectivity index (χ2n) is 4.65. The molecule has 0 N–H and O–H groups in total. The Kier molecular flexibility index (Phi) is 3.80. The predicted octanol–water partition coefficient (Wildman–Crippen LogP) is 3.38. The Hall–Kier alpha value is -2.05. The highest BCUT2D eigenvalue weighted by molar-refractivity contribution is 9.10. The first-order chi connectivity index (χ1) is 10.5. The van der Waals surface area contributed by atoms with Gasteiger partial charge >= 0.3 is 0 Å². The van der Waals surface area contributed by atoms with Crippen molar-refractivity contribution < 1.29 is 13.2 Å². The van der Waals surface area contributed by atoms with E-state index >= 15 is 0 Å². The third kappa shape index (κ3) is 2.80. The summed E-state index contributed by atoms with van der Waals surface area (Å²) in [4.78, 5) is 11.9. The van der Waals surface area contributed by atoms with Crippen molar-refractivity contribution in [1.82, 2.24) is 0 Å². The van der Waals surface area contributed by atoms with Gasteiger partial charge < -0.3 is 0 Å². The van der Waals surface area contributed by atoms with Gasteiger partial charge in [-0.2, -0.15) is 12.8 Å². The van der Waals surface area contributed by atoms with Gasteiger partial charge in [0.2, 0.25) is 0 Å². The van der Waals surface area contributed by atoms with E-state index in [1.165, 1.54) is 24.3 Å². The van der Waals surface area contributed by atoms with Crippen molar-refractivity contribution in [2.24, 2.45) is 4.40 Å². The first-order valence-electron chi connectivity index (χ1n) is 6.40. The summed E-state index contributed by atoms with van der Waals surface area (Å²) >= 11 is 3.26. The molecule has 2 aromatic rings. The van der Waals surface area contributed by atoms with E-state index in [-0.39, 0.29) is 16.4 Å². The van der Waals surface area contributed by atoms with E-state index < -0.39 is 10.0 Å². The quantitative estimate of drug-likeness (QED) is 0.807. The molecule has 0 aromatic heterocycles. The lowest BCUT2D eigenvalue weighted by Gasteiger charge is -2.11. The molecule has 0 unspecified atom stereocenters. The van der Waals surface area contributed by atoms with Gasteiger partial charge in [0, 0.05) is 15.6 Å². The second kappa shape index (κ2) is 5.62. The number of rotatable bonds is 2. The Morgan fingerprint density at radius 3 is 2.18 bits per heavy atom. The molecule has 0 saturated carbocycles. The molecule has 2 aromatic carbocycles. The largest absolute Gasteiger partial charge is 0.289 e. The van der Waals surface area contributed by atoms with Crippen molar-refractivity contribution in [3.05, 3.63) is 76.3 Å². The predicted molar refractivity (Wildman–Crippen MR) is 87.8 cm³/mol. The lowest BCUT2D eigenvalue weighted by Crippen LogP contribution is -2.14. The van der Waals surface area contributed by atoms with E-state index in [0.717, 1.165) is 4.47 Å². The molecule has 22 heavy (non-hydrogen) atoms. The average molecular weight is 376 g/mol. The van der Waals surface area contributed by atoms with Crippen LogP contribution in [0.15, 0.2) is 74.4 Å². The van der Waals surface area contributed by atoms with Gasteiger partial charge in [-0.1, -0.05) is 40.2 Å². The van der Waals surface area contributed by atoms with Gasteiger partial charge in [0.1, 0.15) is 0 Å². The SMILES string of the molecule is O=C1C=CC(=NS(=O)(=O)c2ccc(Br)cc2)c2ccccc21. The number of fused-ring (bicyclic) bond motifs is 1. The first kappa shape index (κ1) is 14.9. The van der Waals surface area contributed by atoms with Crippen LogP contribution in [-0.4, -0.2) is 19.9 Å². The summed E-state index contributed by atoms with van der Waals surface area (Å²) < 4.78 is 29.4. The minimum absolute atomic E-state index is 0.103. The van der Waals surface area contributed by atoms with Crippen molar-refractivity contribution in [1.29, 1.82) is 0 Å². The topological polar surface area (TPSA) is 63.6 Å². The Morgan fingerprint density at radius 2 is 1.50 bits per heavy atom. The molecule has 3 rings (SSSR count). The molecule has 0 radical (unpaired) electrons. The Balaban J connectivity index is 2.10. The Bertz CT molecular complexity index is 913. The van der Waals surface area contributed by atoms with Gasteiger partial charge in [0.05, 0.1) is 10.6 Å². The van der Waals surface area contributed by atoms with Crippen LogP contribution in [0.4, 0.5) is 0 Å². The van der Waals surface area contributed by atoms with E-state index in [0.29, 0.717) is 11.1 Å². The molecule has 4 nitrogen and oxygen atoms in total. The number of halogens is 1. The summed E-state index contributed by atoms with van der Waals surface area (Å²) in [5.41, 5.74) is 1.24. The summed E-state index contributed by atoms with van der Waals surface area (Å²) in [6.45, 7) is 0. The number of allylic oxidation sites excluding steroid dienone is 2. The molecule has 0 heterocycles. The number of sulfonamides is 1. The lowest BCUT2D eigenvalue weighted by atomic mass is 9.95. The number of hydrogen-bond donors (Lipinski definition) is 0. The van der Waals surface area contributed by atoms with E-state index in [9.17, 15) is 13.2 Å². The lowest BCUT2D eigenvalue weighted by molar-refractivity contribution is 0.104. The maximum absolute atomic E-state index is 12.4. The molecule has 0 atom stereocenters. The zero-order valence-electron chi connectivity index (χ0n) is 11.2. The second-order valence-corrected chi connectivity index (χ2v) is 7.17. The van der Waals surface area contributed by atoms with Crippen LogP contribution < -0.4 is 0 Å². The fourth-order valence-corrected chi connectivity index (χ4v) is 3.39. The Labute approximate surface area is 136 Å². The number of benzene rings is 2.